The summed E-state index contributed by atoms with van der Waals surface area (Å²) < 4.78 is 0. The molecule has 0 fully saturated rings. The van der Waals surface area contributed by atoms with E-state index in [2.05, 4.69) is 156 Å². The monoisotopic (exact) mass is 600 g/mol. The summed E-state index contributed by atoms with van der Waals surface area (Å²) in [7, 11) is 0. The summed E-state index contributed by atoms with van der Waals surface area (Å²) in [5, 5.41) is 9.94. The molecule has 222 valence electrons. The molecule has 2 heterocycles. The van der Waals surface area contributed by atoms with E-state index in [9.17, 15) is 0 Å². The number of rotatable bonds is 6. The molecule has 0 aliphatic carbocycles. The summed E-state index contributed by atoms with van der Waals surface area (Å²) in [5.41, 5.74) is 11.5. The van der Waals surface area contributed by atoms with Gasteiger partial charge in [-0.05, 0) is 62.9 Å². The second kappa shape index (κ2) is 10.8. The number of allylic oxidation sites excluding steroid dienone is 5. The first-order chi connectivity index (χ1) is 23.2. The lowest BCUT2D eigenvalue weighted by molar-refractivity contribution is 1.45. The van der Waals surface area contributed by atoms with Crippen LogP contribution in [0.3, 0.4) is 0 Å². The summed E-state index contributed by atoms with van der Waals surface area (Å²) in [6.45, 7) is 6.56. The van der Waals surface area contributed by atoms with Crippen LogP contribution in [0.25, 0.3) is 93.3 Å². The highest BCUT2D eigenvalue weighted by Crippen LogP contribution is 2.47. The lowest BCUT2D eigenvalue weighted by Gasteiger charge is -2.13. The van der Waals surface area contributed by atoms with Gasteiger partial charge in [0, 0.05) is 32.7 Å². The predicted molar refractivity (Wildman–Crippen MR) is 203 cm³/mol. The summed E-state index contributed by atoms with van der Waals surface area (Å²) >= 11 is 0. The lowest BCUT2D eigenvalue weighted by Crippen LogP contribution is -1.87. The standard InChI is InChI=1S/C45H32N2/c1-3-4-8-15-28(2)38-36-26-32-22-25-35-40-33(23-24-34(39(32)40)44(36)46-42(38)30-18-11-6-12-19-30)27-37-41(29-16-9-5-10-17-29)43(47-45(35)37)31-20-13-7-14-21-31/h3-27,46-47H,2H2,1H3/b4-3-,15-8-. The first-order valence-corrected chi connectivity index (χ1v) is 16.2. The van der Waals surface area contributed by atoms with E-state index in [1.54, 1.807) is 0 Å². The fraction of sp³-hybridized carbons (Fsp3) is 0.0222. The van der Waals surface area contributed by atoms with Crippen LogP contribution in [0.1, 0.15) is 12.5 Å². The van der Waals surface area contributed by atoms with E-state index in [1.807, 2.05) is 19.1 Å². The Hall–Kier alpha value is -6.12. The van der Waals surface area contributed by atoms with Crippen LogP contribution in [-0.2, 0) is 0 Å². The molecule has 0 bridgehead atoms. The Morgan fingerprint density at radius 3 is 1.64 bits per heavy atom. The molecule has 2 aromatic heterocycles. The quantitative estimate of drug-likeness (QED) is 0.141. The van der Waals surface area contributed by atoms with Crippen molar-refractivity contribution < 1.29 is 0 Å². The Balaban J connectivity index is 1.37. The largest absolute Gasteiger partial charge is 0.353 e. The van der Waals surface area contributed by atoms with E-state index in [0.29, 0.717) is 0 Å². The molecule has 2 heteroatoms. The van der Waals surface area contributed by atoms with Crippen LogP contribution in [0, 0.1) is 0 Å². The van der Waals surface area contributed by atoms with Crippen LogP contribution < -0.4 is 0 Å². The number of fused-ring (bicyclic) bond motifs is 4. The number of aromatic nitrogens is 2. The van der Waals surface area contributed by atoms with Crippen LogP contribution in [0.4, 0.5) is 0 Å². The van der Waals surface area contributed by atoms with Gasteiger partial charge in [0.05, 0.1) is 22.4 Å². The van der Waals surface area contributed by atoms with Crippen molar-refractivity contribution in [2.45, 2.75) is 6.92 Å². The van der Waals surface area contributed by atoms with Gasteiger partial charge < -0.3 is 9.97 Å². The van der Waals surface area contributed by atoms with Crippen LogP contribution in [0.5, 0.6) is 0 Å². The average molecular weight is 601 g/mol. The number of aromatic amines is 2. The maximum absolute atomic E-state index is 4.53. The molecule has 0 radical (unpaired) electrons. The molecule has 0 atom stereocenters. The topological polar surface area (TPSA) is 31.6 Å². The first kappa shape index (κ1) is 27.2. The fourth-order valence-corrected chi connectivity index (χ4v) is 7.51. The predicted octanol–water partition coefficient (Wildman–Crippen LogP) is 12.7. The van der Waals surface area contributed by atoms with E-state index >= 15 is 0 Å². The van der Waals surface area contributed by atoms with Crippen molar-refractivity contribution in [2.24, 2.45) is 0 Å². The molecule has 2 nitrogen and oxygen atoms in total. The highest BCUT2D eigenvalue weighted by molar-refractivity contribution is 6.34. The Bertz CT molecular complexity index is 2670. The van der Waals surface area contributed by atoms with Crippen molar-refractivity contribution in [1.82, 2.24) is 9.97 Å². The minimum Gasteiger partial charge on any atom is -0.353 e. The molecule has 0 spiro atoms. The van der Waals surface area contributed by atoms with E-state index < -0.39 is 0 Å². The van der Waals surface area contributed by atoms with Gasteiger partial charge >= 0.3 is 0 Å². The Kier molecular flexibility index (Phi) is 6.22. The number of H-pyrrole nitrogens is 2. The van der Waals surface area contributed by atoms with Crippen molar-refractivity contribution in [3.63, 3.8) is 0 Å². The van der Waals surface area contributed by atoms with Crippen molar-refractivity contribution in [3.8, 4) is 33.6 Å². The molecule has 2 N–H and O–H groups in total. The first-order valence-electron chi connectivity index (χ1n) is 16.2. The maximum atomic E-state index is 4.53. The van der Waals surface area contributed by atoms with Crippen molar-refractivity contribution >= 4 is 59.7 Å². The zero-order chi connectivity index (χ0) is 31.5. The second-order valence-corrected chi connectivity index (χ2v) is 12.3. The van der Waals surface area contributed by atoms with Crippen LogP contribution in [0.15, 0.2) is 158 Å². The molecule has 9 rings (SSSR count). The van der Waals surface area contributed by atoms with E-state index in [1.165, 1.54) is 65.3 Å². The second-order valence-electron chi connectivity index (χ2n) is 12.3. The lowest BCUT2D eigenvalue weighted by atomic mass is 9.89. The van der Waals surface area contributed by atoms with E-state index in [4.69, 9.17) is 0 Å². The molecular formula is C45H32N2. The molecule has 0 saturated heterocycles. The van der Waals surface area contributed by atoms with Gasteiger partial charge in [-0.25, -0.2) is 0 Å². The molecule has 7 aromatic carbocycles. The zero-order valence-corrected chi connectivity index (χ0v) is 26.1. The Morgan fingerprint density at radius 1 is 0.532 bits per heavy atom. The number of benzene rings is 7. The number of nitrogens with one attached hydrogen (secondary N) is 2. The van der Waals surface area contributed by atoms with Crippen molar-refractivity contribution in [1.29, 1.82) is 0 Å². The highest BCUT2D eigenvalue weighted by atomic mass is 14.7. The number of hydrogen-bond acceptors (Lipinski definition) is 0. The number of hydrogen-bond donors (Lipinski definition) is 2. The molecule has 0 unspecified atom stereocenters. The summed E-state index contributed by atoms with van der Waals surface area (Å²) in [6, 6.07) is 46.0. The van der Waals surface area contributed by atoms with Gasteiger partial charge in [-0.3, -0.25) is 0 Å². The zero-order valence-electron chi connectivity index (χ0n) is 26.1. The Labute approximate surface area is 273 Å². The maximum Gasteiger partial charge on any atom is 0.0545 e. The van der Waals surface area contributed by atoms with Gasteiger partial charge in [0.15, 0.2) is 0 Å². The molecule has 0 saturated carbocycles. The van der Waals surface area contributed by atoms with Gasteiger partial charge in [-0.15, -0.1) is 0 Å². The van der Waals surface area contributed by atoms with Gasteiger partial charge in [0.25, 0.3) is 0 Å². The average Bonchev–Trinajstić information content (AvgIpc) is 3.71. The Morgan fingerprint density at radius 2 is 1.04 bits per heavy atom. The highest BCUT2D eigenvalue weighted by Gasteiger charge is 2.22. The van der Waals surface area contributed by atoms with Gasteiger partial charge in [-0.2, -0.15) is 0 Å². The van der Waals surface area contributed by atoms with Crippen LogP contribution in [0.2, 0.25) is 0 Å². The van der Waals surface area contributed by atoms with Gasteiger partial charge in [0.2, 0.25) is 0 Å². The smallest absolute Gasteiger partial charge is 0.0545 e. The minimum absolute atomic E-state index is 0.982. The van der Waals surface area contributed by atoms with Gasteiger partial charge in [0.1, 0.15) is 0 Å². The van der Waals surface area contributed by atoms with Crippen molar-refractivity contribution in [2.75, 3.05) is 0 Å². The van der Waals surface area contributed by atoms with Crippen LogP contribution in [-0.4, -0.2) is 9.97 Å². The summed E-state index contributed by atoms with van der Waals surface area (Å²) in [6.07, 6.45) is 8.26. The van der Waals surface area contributed by atoms with Crippen molar-refractivity contribution in [3.05, 3.63) is 164 Å². The van der Waals surface area contributed by atoms with E-state index in [0.717, 1.165) is 33.6 Å². The van der Waals surface area contributed by atoms with Gasteiger partial charge in [-0.1, -0.05) is 146 Å². The molecule has 47 heavy (non-hydrogen) atoms. The third-order valence-corrected chi connectivity index (χ3v) is 9.55. The van der Waals surface area contributed by atoms with E-state index in [-0.39, 0.29) is 0 Å². The van der Waals surface area contributed by atoms with Crippen LogP contribution >= 0.6 is 0 Å². The normalized spacial score (nSPS) is 12.3. The summed E-state index contributed by atoms with van der Waals surface area (Å²) in [5.74, 6) is 0. The summed E-state index contributed by atoms with van der Waals surface area (Å²) in [4.78, 5) is 7.79. The molecular weight excluding hydrogens is 569 g/mol. The molecule has 0 amide bonds. The molecule has 0 aliphatic rings. The molecule has 9 aromatic rings. The third kappa shape index (κ3) is 4.19. The third-order valence-electron chi connectivity index (χ3n) is 9.55. The molecule has 0 aliphatic heterocycles. The fourth-order valence-electron chi connectivity index (χ4n) is 7.51. The minimum atomic E-state index is 0.982. The SMILES string of the molecule is C=C(/C=C\C=C/C)c1c(-c2ccccc2)[nH]c2c1cc1ccc3c4[nH]c(-c5ccccc5)c(-c5ccccc5)c4cc4ccc2c1c43.